The van der Waals surface area contributed by atoms with Crippen LogP contribution in [0.4, 0.5) is 13.2 Å². The molecule has 11 nitrogen and oxygen atoms in total. The predicted octanol–water partition coefficient (Wildman–Crippen LogP) is 19.3. The smallest absolute Gasteiger partial charge is 0.480 e. The summed E-state index contributed by atoms with van der Waals surface area (Å²) < 4.78 is 112. The number of phenolic OH excluding ortho intramolecular Hbond substituents is 1. The molecule has 0 amide bonds. The first-order chi connectivity index (χ1) is 42.9. The second kappa shape index (κ2) is 33.8. The van der Waals surface area contributed by atoms with Crippen LogP contribution in [0.1, 0.15) is 184 Å². The molecule has 90 heavy (non-hydrogen) atoms. The molecule has 0 heterocycles. The van der Waals surface area contributed by atoms with E-state index in [1.54, 1.807) is 12.1 Å². The summed E-state index contributed by atoms with van der Waals surface area (Å²) in [4.78, 5) is 3.91. The summed E-state index contributed by atoms with van der Waals surface area (Å²) in [6, 6.07) is 50.3. The standard InChI is InChI=1S/C34H39O3S.C22H32O2.C10H14O.C7H11F3NO4S2/c1-6-25(2)29-17-19-30(20-18-29)37-28(5)35-21-22-36-34-26(3)23-33(24-27(34)4)38(31-13-9-7-10-14-31)32-15-11-8-12-16-32;1-4-14(2)16-8-10-18(11-9-16)23-15(3)24-22-13-17-12-21(22)20-7-5-6-19(17)20;1-3-8(2)9-4-6-10(11)7-5-9;8-7(9,10)17(14,15)11-16(12,13)6-4-2-1-3-5-6/h7-20,23-25,28H,6,21-22H2,1-5H3;8-11,14-15,17,19-22H,4-7,12-13H2,1-3H3;4-8,11H,3H2,1-2H3;6H,1-5H2/q+1;;;-1. The van der Waals surface area contributed by atoms with Crippen LogP contribution in [-0.2, 0) is 40.4 Å². The summed E-state index contributed by atoms with van der Waals surface area (Å²) in [6.07, 6.45) is 12.6. The van der Waals surface area contributed by atoms with Crippen molar-refractivity contribution in [2.24, 2.45) is 23.7 Å². The molecule has 2 bridgehead atoms. The molecule has 4 aliphatic rings. The summed E-state index contributed by atoms with van der Waals surface area (Å²) in [6.45, 7) is 22.4. The third kappa shape index (κ3) is 20.2. The topological polar surface area (TPSA) is 149 Å². The van der Waals surface area contributed by atoms with Crippen molar-refractivity contribution >= 4 is 30.9 Å². The van der Waals surface area contributed by atoms with Gasteiger partial charge in [-0.15, -0.1) is 0 Å². The lowest BCUT2D eigenvalue weighted by atomic mass is 9.80. The Hall–Kier alpha value is -5.56. The molecule has 6 aromatic rings. The zero-order chi connectivity index (χ0) is 65.2. The Labute approximate surface area is 538 Å². The Bertz CT molecular complexity index is 3270. The number of phenols is 1. The van der Waals surface area contributed by atoms with E-state index in [1.165, 1.54) is 69.9 Å². The number of aromatic hydroxyl groups is 1. The second-order valence-electron chi connectivity index (χ2n) is 24.7. The highest BCUT2D eigenvalue weighted by Gasteiger charge is 2.54. The fraction of sp³-hybridized carbons (Fsp3) is 0.507. The highest BCUT2D eigenvalue weighted by molar-refractivity contribution is 8.12. The molecule has 0 aromatic heterocycles. The summed E-state index contributed by atoms with van der Waals surface area (Å²) in [7, 11) is -10.8. The molecule has 0 radical (unpaired) electrons. The number of rotatable bonds is 23. The minimum Gasteiger partial charge on any atom is -0.508 e. The molecule has 10 atom stereocenters. The Morgan fingerprint density at radius 1 is 0.556 bits per heavy atom. The molecule has 0 saturated heterocycles. The minimum absolute atomic E-state index is 0.149. The van der Waals surface area contributed by atoms with Crippen LogP contribution in [0.15, 0.2) is 160 Å². The van der Waals surface area contributed by atoms with Gasteiger partial charge in [0.25, 0.3) is 0 Å². The number of halogens is 3. The van der Waals surface area contributed by atoms with Gasteiger partial charge in [-0.1, -0.05) is 140 Å². The van der Waals surface area contributed by atoms with Gasteiger partial charge < -0.3 is 32.9 Å². The van der Waals surface area contributed by atoms with Crippen LogP contribution in [0.2, 0.25) is 0 Å². The molecular weight excluding hydrogens is 1200 g/mol. The molecule has 1 N–H and O–H groups in total. The van der Waals surface area contributed by atoms with Crippen molar-refractivity contribution in [3.05, 3.63) is 178 Å². The number of hydrogen-bond donors (Lipinski definition) is 1. The van der Waals surface area contributed by atoms with Gasteiger partial charge in [0.1, 0.15) is 29.6 Å². The van der Waals surface area contributed by atoms with E-state index in [0.29, 0.717) is 55.7 Å². The van der Waals surface area contributed by atoms with Crippen LogP contribution in [-0.4, -0.2) is 64.6 Å². The Morgan fingerprint density at radius 2 is 1.02 bits per heavy atom. The number of ether oxygens (including phenoxy) is 5. The Kier molecular flexibility index (Phi) is 27.0. The van der Waals surface area contributed by atoms with Crippen molar-refractivity contribution in [1.82, 2.24) is 0 Å². The maximum atomic E-state index is 12.0. The summed E-state index contributed by atoms with van der Waals surface area (Å²) in [5.74, 6) is 8.51. The quantitative estimate of drug-likeness (QED) is 0.0373. The van der Waals surface area contributed by atoms with Gasteiger partial charge in [-0.3, -0.25) is 0 Å². The van der Waals surface area contributed by atoms with Gasteiger partial charge >= 0.3 is 5.51 Å². The molecule has 4 fully saturated rings. The van der Waals surface area contributed by atoms with Crippen LogP contribution < -0.4 is 14.2 Å². The zero-order valence-electron chi connectivity index (χ0n) is 54.2. The van der Waals surface area contributed by atoms with Crippen molar-refractivity contribution < 1.29 is 58.8 Å². The van der Waals surface area contributed by atoms with Crippen molar-refractivity contribution in [3.8, 4) is 23.0 Å². The highest BCUT2D eigenvalue weighted by Crippen LogP contribution is 2.59. The van der Waals surface area contributed by atoms with Gasteiger partial charge in [-0.25, -0.2) is 16.8 Å². The maximum absolute atomic E-state index is 12.0. The van der Waals surface area contributed by atoms with E-state index in [2.05, 4.69) is 176 Å². The minimum atomic E-state index is -5.97. The van der Waals surface area contributed by atoms with Gasteiger partial charge in [-0.05, 0) is 215 Å². The highest BCUT2D eigenvalue weighted by atomic mass is 32.3. The molecule has 10 rings (SSSR count). The number of sulfonamides is 2. The normalized spacial score (nSPS) is 20.6. The van der Waals surface area contributed by atoms with E-state index in [9.17, 15) is 30.0 Å². The van der Waals surface area contributed by atoms with Crippen LogP contribution in [0.3, 0.4) is 0 Å². The zero-order valence-corrected chi connectivity index (χ0v) is 56.7. The van der Waals surface area contributed by atoms with Crippen LogP contribution in [0.25, 0.3) is 4.13 Å². The van der Waals surface area contributed by atoms with Gasteiger partial charge in [0.15, 0.2) is 37.3 Å². The third-order valence-electron chi connectivity index (χ3n) is 18.3. The number of nitrogens with zero attached hydrogens (tertiary/aromatic N) is 1. The Morgan fingerprint density at radius 3 is 1.50 bits per heavy atom. The van der Waals surface area contributed by atoms with E-state index in [-0.39, 0.29) is 36.3 Å². The molecule has 492 valence electrons. The fourth-order valence-corrected chi connectivity index (χ4v) is 18.0. The number of benzene rings is 6. The first-order valence-corrected chi connectivity index (χ1v) is 36.5. The van der Waals surface area contributed by atoms with E-state index < -0.39 is 30.8 Å². The first-order valence-electron chi connectivity index (χ1n) is 32.4. The molecular formula is C73H96F3NO10S3. The van der Waals surface area contributed by atoms with Crippen molar-refractivity contribution in [2.45, 2.75) is 215 Å². The van der Waals surface area contributed by atoms with Gasteiger partial charge in [0.2, 0.25) is 0 Å². The SMILES string of the molecule is CCC(C)c1ccc(O)cc1.CCC(C)c1ccc(OC(C)OC2CC3CC2C2CCCC32)cc1.CCC(C)c1ccc(OC(C)OCCOc2c(C)cc([S+](c3ccccc3)c3ccccc3)cc2C)cc1.O=S(=O)([N-]S(=O)(=O)C(F)(F)F)C1CCCCC1. The average molecular weight is 1300 g/mol. The largest absolute Gasteiger partial charge is 0.508 e. The lowest BCUT2D eigenvalue weighted by Crippen LogP contribution is -2.34. The van der Waals surface area contributed by atoms with Crippen LogP contribution >= 0.6 is 0 Å². The van der Waals surface area contributed by atoms with Crippen LogP contribution in [0.5, 0.6) is 23.0 Å². The molecule has 0 spiro atoms. The van der Waals surface area contributed by atoms with Gasteiger partial charge in [0, 0.05) is 17.4 Å². The molecule has 4 saturated carbocycles. The van der Waals surface area contributed by atoms with E-state index >= 15 is 0 Å². The van der Waals surface area contributed by atoms with E-state index in [1.807, 2.05) is 31.2 Å². The molecule has 6 aromatic carbocycles. The number of hydrogen-bond acceptors (Lipinski definition) is 10. The first kappa shape index (κ1) is 71.9. The van der Waals surface area contributed by atoms with Crippen molar-refractivity contribution in [1.29, 1.82) is 0 Å². The number of aryl methyl sites for hydroxylation is 2. The monoisotopic (exact) mass is 1300 g/mol. The average Bonchev–Trinajstić information content (AvgIpc) is 1.69. The van der Waals surface area contributed by atoms with Crippen molar-refractivity contribution in [2.75, 3.05) is 13.2 Å². The van der Waals surface area contributed by atoms with Gasteiger partial charge in [-0.2, -0.15) is 13.2 Å². The van der Waals surface area contributed by atoms with Crippen molar-refractivity contribution in [3.63, 3.8) is 0 Å². The molecule has 0 aliphatic heterocycles. The third-order valence-corrected chi connectivity index (χ3v) is 24.0. The fourth-order valence-electron chi connectivity index (χ4n) is 12.9. The van der Waals surface area contributed by atoms with Crippen LogP contribution in [0, 0.1) is 37.5 Å². The number of alkyl halides is 3. The van der Waals surface area contributed by atoms with E-state index in [4.69, 9.17) is 28.8 Å². The second-order valence-corrected chi connectivity index (χ2v) is 30.4. The number of fused-ring (bicyclic) bond motifs is 5. The predicted molar refractivity (Wildman–Crippen MR) is 356 cm³/mol. The Balaban J connectivity index is 0.000000188. The summed E-state index contributed by atoms with van der Waals surface area (Å²) in [5, 5.41) is 7.89. The van der Waals surface area contributed by atoms with Gasteiger partial charge in [0.05, 0.1) is 33.6 Å². The maximum Gasteiger partial charge on any atom is 0.480 e. The summed E-state index contributed by atoms with van der Waals surface area (Å²) >= 11 is 0. The lowest BCUT2D eigenvalue weighted by Gasteiger charge is -2.33. The molecule has 17 heteroatoms. The summed E-state index contributed by atoms with van der Waals surface area (Å²) in [5.41, 5.74) is 0.613. The van der Waals surface area contributed by atoms with E-state index in [0.717, 1.165) is 71.3 Å². The molecule has 4 aliphatic carbocycles. The lowest BCUT2D eigenvalue weighted by molar-refractivity contribution is -0.132. The molecule has 10 unspecified atom stereocenters.